The van der Waals surface area contributed by atoms with Crippen LogP contribution in [-0.4, -0.2) is 18.0 Å². The molecule has 0 spiro atoms. The minimum atomic E-state index is -0.271. The Morgan fingerprint density at radius 1 is 1.25 bits per heavy atom. The van der Waals surface area contributed by atoms with Crippen molar-refractivity contribution in [1.29, 1.82) is 0 Å². The van der Waals surface area contributed by atoms with Gasteiger partial charge in [-0.25, -0.2) is 0 Å². The van der Waals surface area contributed by atoms with Gasteiger partial charge in [-0.2, -0.15) is 0 Å². The molecule has 0 aromatic heterocycles. The summed E-state index contributed by atoms with van der Waals surface area (Å²) in [6, 6.07) is 9.23. The maximum atomic E-state index is 12.0. The van der Waals surface area contributed by atoms with Crippen molar-refractivity contribution < 1.29 is 4.79 Å². The van der Waals surface area contributed by atoms with Gasteiger partial charge in [0.25, 0.3) is 5.91 Å². The van der Waals surface area contributed by atoms with E-state index in [9.17, 15) is 4.79 Å². The lowest BCUT2D eigenvalue weighted by Gasteiger charge is -2.31. The van der Waals surface area contributed by atoms with Gasteiger partial charge in [-0.1, -0.05) is 32.0 Å². The van der Waals surface area contributed by atoms with Crippen molar-refractivity contribution >= 4 is 5.91 Å². The second-order valence-corrected chi connectivity index (χ2v) is 4.01. The number of carbonyl (C=O) groups excluding carboxylic acids is 1. The van der Waals surface area contributed by atoms with Gasteiger partial charge in [0.2, 0.25) is 0 Å². The Morgan fingerprint density at radius 2 is 1.81 bits per heavy atom. The Bertz CT molecular complexity index is 323. The van der Waals surface area contributed by atoms with Gasteiger partial charge in [0, 0.05) is 12.1 Å². The van der Waals surface area contributed by atoms with Crippen molar-refractivity contribution in [2.24, 2.45) is 5.73 Å². The predicted octanol–water partition coefficient (Wildman–Crippen LogP) is 1.93. The van der Waals surface area contributed by atoms with Crippen LogP contribution in [0.4, 0.5) is 0 Å². The second kappa shape index (κ2) is 5.66. The summed E-state index contributed by atoms with van der Waals surface area (Å²) in [6.45, 7) is 4.56. The fourth-order valence-electron chi connectivity index (χ4n) is 1.67. The fourth-order valence-corrected chi connectivity index (χ4v) is 1.67. The highest BCUT2D eigenvalue weighted by Gasteiger charge is 2.26. The topological polar surface area (TPSA) is 55.1 Å². The smallest absolute Gasteiger partial charge is 0.251 e. The first kappa shape index (κ1) is 12.7. The molecule has 1 amide bonds. The van der Waals surface area contributed by atoms with Gasteiger partial charge in [0.05, 0.1) is 5.54 Å². The standard InChI is InChI=1S/C13H20N2O/c1-3-13(4-2,10-14)15-12(16)11-8-6-5-7-9-11/h5-9H,3-4,10,14H2,1-2H3,(H,15,16). The SMILES string of the molecule is CCC(CC)(CN)NC(=O)c1ccccc1. The first-order chi connectivity index (χ1) is 7.67. The summed E-state index contributed by atoms with van der Waals surface area (Å²) >= 11 is 0. The van der Waals surface area contributed by atoms with E-state index in [0.29, 0.717) is 12.1 Å². The average molecular weight is 220 g/mol. The normalized spacial score (nSPS) is 11.2. The van der Waals surface area contributed by atoms with Crippen LogP contribution in [0.2, 0.25) is 0 Å². The highest BCUT2D eigenvalue weighted by atomic mass is 16.1. The number of hydrogen-bond donors (Lipinski definition) is 2. The summed E-state index contributed by atoms with van der Waals surface area (Å²) in [6.07, 6.45) is 1.69. The van der Waals surface area contributed by atoms with Crippen LogP contribution < -0.4 is 11.1 Å². The minimum absolute atomic E-state index is 0.0465. The van der Waals surface area contributed by atoms with Gasteiger partial charge in [0.15, 0.2) is 0 Å². The molecule has 0 unspecified atom stereocenters. The summed E-state index contributed by atoms with van der Waals surface area (Å²) in [7, 11) is 0. The molecule has 3 nitrogen and oxygen atoms in total. The molecule has 1 rings (SSSR count). The van der Waals surface area contributed by atoms with E-state index in [1.54, 1.807) is 0 Å². The molecule has 3 heteroatoms. The first-order valence-electron chi connectivity index (χ1n) is 5.75. The van der Waals surface area contributed by atoms with Crippen LogP contribution in [0.1, 0.15) is 37.0 Å². The van der Waals surface area contributed by atoms with Crippen molar-refractivity contribution in [3.05, 3.63) is 35.9 Å². The number of hydrogen-bond acceptors (Lipinski definition) is 2. The summed E-state index contributed by atoms with van der Waals surface area (Å²) in [5.74, 6) is -0.0465. The van der Waals surface area contributed by atoms with Gasteiger partial charge in [-0.05, 0) is 25.0 Å². The van der Waals surface area contributed by atoms with E-state index >= 15 is 0 Å². The molecule has 0 radical (unpaired) electrons. The molecule has 3 N–H and O–H groups in total. The van der Waals surface area contributed by atoms with Crippen LogP contribution in [0, 0.1) is 0 Å². The molecule has 0 fully saturated rings. The highest BCUT2D eigenvalue weighted by Crippen LogP contribution is 2.14. The van der Waals surface area contributed by atoms with E-state index < -0.39 is 0 Å². The molecule has 0 atom stereocenters. The summed E-state index contributed by atoms with van der Waals surface area (Å²) < 4.78 is 0. The number of carbonyl (C=O) groups is 1. The van der Waals surface area contributed by atoms with E-state index in [2.05, 4.69) is 5.32 Å². The van der Waals surface area contributed by atoms with E-state index in [-0.39, 0.29) is 11.4 Å². The third-order valence-electron chi connectivity index (χ3n) is 3.16. The average Bonchev–Trinajstić information content (AvgIpc) is 2.37. The number of nitrogens with one attached hydrogen (secondary N) is 1. The second-order valence-electron chi connectivity index (χ2n) is 4.01. The van der Waals surface area contributed by atoms with Crippen molar-refractivity contribution in [2.45, 2.75) is 32.2 Å². The molecular formula is C13H20N2O. The summed E-state index contributed by atoms with van der Waals surface area (Å²) in [5.41, 5.74) is 6.15. The Kier molecular flexibility index (Phi) is 4.50. The van der Waals surface area contributed by atoms with Crippen molar-refractivity contribution in [2.75, 3.05) is 6.54 Å². The third-order valence-corrected chi connectivity index (χ3v) is 3.16. The van der Waals surface area contributed by atoms with Crippen LogP contribution in [0.5, 0.6) is 0 Å². The highest BCUT2D eigenvalue weighted by molar-refractivity contribution is 5.94. The summed E-state index contributed by atoms with van der Waals surface area (Å²) in [5, 5.41) is 3.03. The maximum absolute atomic E-state index is 12.0. The molecule has 88 valence electrons. The number of amides is 1. The van der Waals surface area contributed by atoms with E-state index in [1.807, 2.05) is 44.2 Å². The summed E-state index contributed by atoms with van der Waals surface area (Å²) in [4.78, 5) is 12.0. The zero-order chi connectivity index (χ0) is 12.0. The van der Waals surface area contributed by atoms with E-state index in [1.165, 1.54) is 0 Å². The maximum Gasteiger partial charge on any atom is 0.251 e. The quantitative estimate of drug-likeness (QED) is 0.796. The molecule has 0 saturated heterocycles. The largest absolute Gasteiger partial charge is 0.345 e. The molecular weight excluding hydrogens is 200 g/mol. The van der Waals surface area contributed by atoms with Gasteiger partial charge >= 0.3 is 0 Å². The first-order valence-corrected chi connectivity index (χ1v) is 5.75. The zero-order valence-corrected chi connectivity index (χ0v) is 9.99. The van der Waals surface area contributed by atoms with Crippen molar-refractivity contribution in [1.82, 2.24) is 5.32 Å². The lowest BCUT2D eigenvalue weighted by atomic mass is 9.92. The lowest BCUT2D eigenvalue weighted by Crippen LogP contribution is -2.52. The number of rotatable bonds is 5. The molecule has 1 aromatic carbocycles. The van der Waals surface area contributed by atoms with Crippen LogP contribution in [0.3, 0.4) is 0 Å². The van der Waals surface area contributed by atoms with E-state index in [0.717, 1.165) is 12.8 Å². The molecule has 0 saturated carbocycles. The zero-order valence-electron chi connectivity index (χ0n) is 9.99. The minimum Gasteiger partial charge on any atom is -0.345 e. The van der Waals surface area contributed by atoms with E-state index in [4.69, 9.17) is 5.73 Å². The monoisotopic (exact) mass is 220 g/mol. The Labute approximate surface area is 97.0 Å². The van der Waals surface area contributed by atoms with Gasteiger partial charge in [-0.3, -0.25) is 4.79 Å². The lowest BCUT2D eigenvalue weighted by molar-refractivity contribution is 0.0895. The van der Waals surface area contributed by atoms with Crippen LogP contribution in [0.15, 0.2) is 30.3 Å². The molecule has 0 aliphatic carbocycles. The Morgan fingerprint density at radius 3 is 2.25 bits per heavy atom. The van der Waals surface area contributed by atoms with Gasteiger partial charge in [0.1, 0.15) is 0 Å². The molecule has 0 heterocycles. The van der Waals surface area contributed by atoms with Gasteiger partial charge in [-0.15, -0.1) is 0 Å². The Balaban J connectivity index is 2.77. The van der Waals surface area contributed by atoms with Crippen molar-refractivity contribution in [3.8, 4) is 0 Å². The van der Waals surface area contributed by atoms with Crippen LogP contribution in [0.25, 0.3) is 0 Å². The molecule has 0 aliphatic rings. The fraction of sp³-hybridized carbons (Fsp3) is 0.462. The Hall–Kier alpha value is -1.35. The van der Waals surface area contributed by atoms with Gasteiger partial charge < -0.3 is 11.1 Å². The molecule has 0 aliphatic heterocycles. The van der Waals surface area contributed by atoms with Crippen LogP contribution in [-0.2, 0) is 0 Å². The van der Waals surface area contributed by atoms with Crippen LogP contribution >= 0.6 is 0 Å². The van der Waals surface area contributed by atoms with Crippen molar-refractivity contribution in [3.63, 3.8) is 0 Å². The number of benzene rings is 1. The molecule has 0 bridgehead atoms. The predicted molar refractivity (Wildman–Crippen MR) is 66.3 cm³/mol. The number of nitrogens with two attached hydrogens (primary N) is 1. The molecule has 16 heavy (non-hydrogen) atoms. The molecule has 1 aromatic rings. The third kappa shape index (κ3) is 2.83.